The summed E-state index contributed by atoms with van der Waals surface area (Å²) >= 11 is 1.79. The zero-order valence-corrected chi connectivity index (χ0v) is 13.6. The lowest BCUT2D eigenvalue weighted by atomic mass is 10.1. The van der Waals surface area contributed by atoms with Crippen LogP contribution in [-0.4, -0.2) is 39.3 Å². The number of thiophene rings is 1. The third-order valence-corrected chi connectivity index (χ3v) is 3.78. The fraction of sp³-hybridized carbons (Fsp3) is 0.667. The Labute approximate surface area is 126 Å². The van der Waals surface area contributed by atoms with Gasteiger partial charge in [-0.25, -0.2) is 0 Å². The third kappa shape index (κ3) is 8.17. The molecule has 0 radical (unpaired) electrons. The van der Waals surface area contributed by atoms with Gasteiger partial charge in [0.1, 0.15) is 0 Å². The number of guanidine groups is 1. The van der Waals surface area contributed by atoms with Crippen LogP contribution in [-0.2, 0) is 11.2 Å². The molecule has 0 amide bonds. The van der Waals surface area contributed by atoms with Crippen LogP contribution in [0, 0.1) is 5.92 Å². The Bertz CT molecular complexity index is 363. The molecule has 1 aromatic rings. The molecular formula is C15H27N3OS. The van der Waals surface area contributed by atoms with Crippen molar-refractivity contribution in [3.8, 4) is 0 Å². The van der Waals surface area contributed by atoms with Gasteiger partial charge in [-0.15, -0.1) is 11.3 Å². The van der Waals surface area contributed by atoms with Gasteiger partial charge in [0.25, 0.3) is 0 Å². The second-order valence-electron chi connectivity index (χ2n) is 5.05. The smallest absolute Gasteiger partial charge is 0.191 e. The molecule has 0 aliphatic rings. The van der Waals surface area contributed by atoms with Gasteiger partial charge in [0.05, 0.1) is 6.61 Å². The molecule has 1 heterocycles. The van der Waals surface area contributed by atoms with Gasteiger partial charge in [-0.05, 0) is 30.2 Å². The fourth-order valence-corrected chi connectivity index (χ4v) is 2.35. The number of nitrogens with zero attached hydrogens (tertiary/aromatic N) is 1. The van der Waals surface area contributed by atoms with E-state index in [2.05, 4.69) is 47.0 Å². The standard InChI is InChI=1S/C15H27N3OS/c1-13(2)7-10-19-11-9-18-15(16-3)17-8-6-14-5-4-12-20-14/h4-5,12-13H,6-11H2,1-3H3,(H2,16,17,18). The average molecular weight is 297 g/mol. The summed E-state index contributed by atoms with van der Waals surface area (Å²) in [6.07, 6.45) is 2.15. The van der Waals surface area contributed by atoms with Crippen LogP contribution in [0.15, 0.2) is 22.5 Å². The molecule has 0 bridgehead atoms. The molecule has 0 atom stereocenters. The van der Waals surface area contributed by atoms with E-state index >= 15 is 0 Å². The molecule has 1 rings (SSSR count). The molecule has 0 aliphatic heterocycles. The van der Waals surface area contributed by atoms with Crippen molar-refractivity contribution < 1.29 is 4.74 Å². The molecule has 114 valence electrons. The van der Waals surface area contributed by atoms with Gasteiger partial charge in [0.15, 0.2) is 5.96 Å². The van der Waals surface area contributed by atoms with Crippen molar-refractivity contribution in [3.63, 3.8) is 0 Å². The topological polar surface area (TPSA) is 45.7 Å². The number of aliphatic imine (C=N–C) groups is 1. The van der Waals surface area contributed by atoms with Gasteiger partial charge >= 0.3 is 0 Å². The lowest BCUT2D eigenvalue weighted by Crippen LogP contribution is -2.39. The van der Waals surface area contributed by atoms with Gasteiger partial charge in [-0.3, -0.25) is 4.99 Å². The first-order valence-corrected chi connectivity index (χ1v) is 8.15. The Hall–Kier alpha value is -1.07. The van der Waals surface area contributed by atoms with Gasteiger partial charge < -0.3 is 15.4 Å². The Balaban J connectivity index is 2.02. The molecule has 0 saturated heterocycles. The lowest BCUT2D eigenvalue weighted by molar-refractivity contribution is 0.128. The van der Waals surface area contributed by atoms with Gasteiger partial charge in [0, 0.05) is 31.6 Å². The molecule has 4 nitrogen and oxygen atoms in total. The van der Waals surface area contributed by atoms with Crippen LogP contribution in [0.2, 0.25) is 0 Å². The van der Waals surface area contributed by atoms with Gasteiger partial charge in [0.2, 0.25) is 0 Å². The molecule has 0 saturated carbocycles. The van der Waals surface area contributed by atoms with Crippen LogP contribution >= 0.6 is 11.3 Å². The van der Waals surface area contributed by atoms with Gasteiger partial charge in [-0.2, -0.15) is 0 Å². The maximum atomic E-state index is 5.56. The van der Waals surface area contributed by atoms with Crippen molar-refractivity contribution in [2.75, 3.05) is 33.4 Å². The van der Waals surface area contributed by atoms with E-state index in [4.69, 9.17) is 4.74 Å². The van der Waals surface area contributed by atoms with Crippen molar-refractivity contribution in [1.82, 2.24) is 10.6 Å². The van der Waals surface area contributed by atoms with Gasteiger partial charge in [-0.1, -0.05) is 19.9 Å². The summed E-state index contributed by atoms with van der Waals surface area (Å²) in [5, 5.41) is 8.67. The molecule has 20 heavy (non-hydrogen) atoms. The summed E-state index contributed by atoms with van der Waals surface area (Å²) in [6.45, 7) is 7.66. The number of rotatable bonds is 9. The highest BCUT2D eigenvalue weighted by atomic mass is 32.1. The highest BCUT2D eigenvalue weighted by Gasteiger charge is 1.98. The van der Waals surface area contributed by atoms with E-state index in [9.17, 15) is 0 Å². The second kappa shape index (κ2) is 10.7. The van der Waals surface area contributed by atoms with Crippen molar-refractivity contribution >= 4 is 17.3 Å². The van der Waals surface area contributed by atoms with Crippen LogP contribution in [0.25, 0.3) is 0 Å². The summed E-state index contributed by atoms with van der Waals surface area (Å²) in [5.41, 5.74) is 0. The predicted molar refractivity (Wildman–Crippen MR) is 87.7 cm³/mol. The highest BCUT2D eigenvalue weighted by Crippen LogP contribution is 2.07. The highest BCUT2D eigenvalue weighted by molar-refractivity contribution is 7.09. The van der Waals surface area contributed by atoms with Crippen molar-refractivity contribution in [2.45, 2.75) is 26.7 Å². The van der Waals surface area contributed by atoms with E-state index in [-0.39, 0.29) is 0 Å². The first kappa shape index (κ1) is 17.0. The Kier molecular flexibility index (Phi) is 9.07. The Morgan fingerprint density at radius 3 is 2.75 bits per heavy atom. The average Bonchev–Trinajstić information content (AvgIpc) is 2.93. The largest absolute Gasteiger partial charge is 0.380 e. The molecule has 2 N–H and O–H groups in total. The van der Waals surface area contributed by atoms with Crippen LogP contribution in [0.4, 0.5) is 0 Å². The maximum Gasteiger partial charge on any atom is 0.191 e. The first-order chi connectivity index (χ1) is 9.72. The SMILES string of the molecule is CN=C(NCCOCCC(C)C)NCCc1cccs1. The number of hydrogen-bond donors (Lipinski definition) is 2. The van der Waals surface area contributed by atoms with E-state index in [0.717, 1.165) is 45.1 Å². The summed E-state index contributed by atoms with van der Waals surface area (Å²) in [7, 11) is 1.79. The molecule has 0 spiro atoms. The second-order valence-corrected chi connectivity index (χ2v) is 6.08. The van der Waals surface area contributed by atoms with E-state index < -0.39 is 0 Å². The predicted octanol–water partition coefficient (Wildman–Crippen LogP) is 2.52. The number of hydrogen-bond acceptors (Lipinski definition) is 3. The van der Waals surface area contributed by atoms with Crippen molar-refractivity contribution in [1.29, 1.82) is 0 Å². The normalized spacial score (nSPS) is 11.9. The molecule has 0 aliphatic carbocycles. The van der Waals surface area contributed by atoms with Crippen LogP contribution in [0.5, 0.6) is 0 Å². The van der Waals surface area contributed by atoms with Crippen LogP contribution in [0.1, 0.15) is 25.1 Å². The molecule has 0 unspecified atom stereocenters. The minimum absolute atomic E-state index is 0.703. The zero-order valence-electron chi connectivity index (χ0n) is 12.8. The minimum atomic E-state index is 0.703. The maximum absolute atomic E-state index is 5.56. The van der Waals surface area contributed by atoms with Crippen molar-refractivity contribution in [3.05, 3.63) is 22.4 Å². The third-order valence-electron chi connectivity index (χ3n) is 2.85. The molecule has 5 heteroatoms. The lowest BCUT2D eigenvalue weighted by Gasteiger charge is -2.12. The number of nitrogens with one attached hydrogen (secondary N) is 2. The number of ether oxygens (including phenoxy) is 1. The fourth-order valence-electron chi connectivity index (χ4n) is 1.64. The van der Waals surface area contributed by atoms with Crippen molar-refractivity contribution in [2.24, 2.45) is 10.9 Å². The van der Waals surface area contributed by atoms with E-state index in [1.807, 2.05) is 0 Å². The summed E-state index contributed by atoms with van der Waals surface area (Å²) in [6, 6.07) is 4.24. The minimum Gasteiger partial charge on any atom is -0.380 e. The quantitative estimate of drug-likeness (QED) is 0.418. The summed E-state index contributed by atoms with van der Waals surface area (Å²) in [4.78, 5) is 5.59. The summed E-state index contributed by atoms with van der Waals surface area (Å²) < 4.78 is 5.56. The van der Waals surface area contributed by atoms with E-state index in [0.29, 0.717) is 5.92 Å². The molecule has 0 aromatic carbocycles. The zero-order chi connectivity index (χ0) is 14.6. The monoisotopic (exact) mass is 297 g/mol. The first-order valence-electron chi connectivity index (χ1n) is 7.27. The van der Waals surface area contributed by atoms with E-state index in [1.165, 1.54) is 4.88 Å². The Morgan fingerprint density at radius 2 is 2.10 bits per heavy atom. The Morgan fingerprint density at radius 1 is 1.30 bits per heavy atom. The molecule has 0 fully saturated rings. The van der Waals surface area contributed by atoms with E-state index in [1.54, 1.807) is 18.4 Å². The van der Waals surface area contributed by atoms with Crippen LogP contribution in [0.3, 0.4) is 0 Å². The molecule has 1 aromatic heterocycles. The summed E-state index contributed by atoms with van der Waals surface area (Å²) in [5.74, 6) is 1.55. The molecular weight excluding hydrogens is 270 g/mol. The van der Waals surface area contributed by atoms with Crippen LogP contribution < -0.4 is 10.6 Å².